The molecule has 15 heavy (non-hydrogen) atoms. The predicted molar refractivity (Wildman–Crippen MR) is 60.8 cm³/mol. The first-order valence-corrected chi connectivity index (χ1v) is 5.21. The molecule has 1 aliphatic carbocycles. The minimum atomic E-state index is 0.0417. The predicted octanol–water partition coefficient (Wildman–Crippen LogP) is 0.959. The number of nitrogens with zero attached hydrogens (tertiary/aromatic N) is 3. The SMILES string of the molecule is C1CCCCC1.Nc1nc(N)nc(N)n1. The van der Waals surface area contributed by atoms with E-state index in [1.807, 2.05) is 0 Å². The summed E-state index contributed by atoms with van der Waals surface area (Å²) in [7, 11) is 0. The molecule has 6 heteroatoms. The number of nitrogens with two attached hydrogens (primary N) is 3. The van der Waals surface area contributed by atoms with Gasteiger partial charge >= 0.3 is 0 Å². The van der Waals surface area contributed by atoms with Crippen molar-refractivity contribution in [3.63, 3.8) is 0 Å². The van der Waals surface area contributed by atoms with E-state index in [0.717, 1.165) is 0 Å². The average molecular weight is 210 g/mol. The van der Waals surface area contributed by atoms with Gasteiger partial charge < -0.3 is 17.2 Å². The van der Waals surface area contributed by atoms with Crippen molar-refractivity contribution in [2.24, 2.45) is 0 Å². The van der Waals surface area contributed by atoms with Gasteiger partial charge in [-0.3, -0.25) is 0 Å². The van der Waals surface area contributed by atoms with Gasteiger partial charge in [-0.2, -0.15) is 15.0 Å². The summed E-state index contributed by atoms with van der Waals surface area (Å²) in [5.41, 5.74) is 15.4. The Kier molecular flexibility index (Phi) is 4.59. The van der Waals surface area contributed by atoms with Gasteiger partial charge in [-0.05, 0) is 0 Å². The third kappa shape index (κ3) is 4.99. The molecule has 0 aliphatic heterocycles. The van der Waals surface area contributed by atoms with E-state index >= 15 is 0 Å². The minimum Gasteiger partial charge on any atom is -0.368 e. The summed E-state index contributed by atoms with van der Waals surface area (Å²) in [6, 6.07) is 0. The van der Waals surface area contributed by atoms with E-state index in [4.69, 9.17) is 17.2 Å². The summed E-state index contributed by atoms with van der Waals surface area (Å²) < 4.78 is 0. The summed E-state index contributed by atoms with van der Waals surface area (Å²) in [5, 5.41) is 0. The fourth-order valence-electron chi connectivity index (χ4n) is 1.49. The smallest absolute Gasteiger partial charge is 0.226 e. The van der Waals surface area contributed by atoms with E-state index in [-0.39, 0.29) is 17.8 Å². The van der Waals surface area contributed by atoms with Gasteiger partial charge in [-0.15, -0.1) is 0 Å². The van der Waals surface area contributed by atoms with Crippen molar-refractivity contribution in [1.29, 1.82) is 0 Å². The molecule has 1 aromatic heterocycles. The number of nitrogen functional groups attached to an aromatic ring is 3. The Morgan fingerprint density at radius 3 is 0.933 bits per heavy atom. The molecule has 2 rings (SSSR count). The van der Waals surface area contributed by atoms with E-state index in [0.29, 0.717) is 0 Å². The summed E-state index contributed by atoms with van der Waals surface area (Å²) in [6.07, 6.45) is 9.00. The van der Waals surface area contributed by atoms with E-state index in [1.54, 1.807) is 0 Å². The lowest BCUT2D eigenvalue weighted by molar-refractivity contribution is 0.504. The first-order valence-electron chi connectivity index (χ1n) is 5.21. The fourth-order valence-corrected chi connectivity index (χ4v) is 1.49. The maximum absolute atomic E-state index is 5.14. The van der Waals surface area contributed by atoms with Crippen molar-refractivity contribution in [2.75, 3.05) is 17.2 Å². The third-order valence-electron chi connectivity index (χ3n) is 2.19. The number of anilines is 3. The monoisotopic (exact) mass is 210 g/mol. The van der Waals surface area contributed by atoms with Gasteiger partial charge in [0.15, 0.2) is 0 Å². The highest BCUT2D eigenvalue weighted by atomic mass is 15.2. The molecule has 1 aromatic rings. The van der Waals surface area contributed by atoms with Crippen LogP contribution in [0, 0.1) is 0 Å². The minimum absolute atomic E-state index is 0.0417. The molecule has 1 heterocycles. The summed E-state index contributed by atoms with van der Waals surface area (Å²) in [5.74, 6) is 0.125. The zero-order chi connectivity index (χ0) is 11.1. The highest BCUT2D eigenvalue weighted by Gasteiger charge is 1.95. The Hall–Kier alpha value is -1.59. The second-order valence-electron chi connectivity index (χ2n) is 3.53. The van der Waals surface area contributed by atoms with Gasteiger partial charge in [0.2, 0.25) is 17.8 Å². The van der Waals surface area contributed by atoms with Crippen molar-refractivity contribution in [2.45, 2.75) is 38.5 Å². The molecule has 0 unspecified atom stereocenters. The van der Waals surface area contributed by atoms with E-state index in [2.05, 4.69) is 15.0 Å². The van der Waals surface area contributed by atoms with Gasteiger partial charge in [0, 0.05) is 0 Å². The topological polar surface area (TPSA) is 117 Å². The lowest BCUT2D eigenvalue weighted by atomic mass is 10.0. The second-order valence-corrected chi connectivity index (χ2v) is 3.53. The second kappa shape index (κ2) is 6.00. The van der Waals surface area contributed by atoms with Crippen LogP contribution in [0.15, 0.2) is 0 Å². The summed E-state index contributed by atoms with van der Waals surface area (Å²) in [6.45, 7) is 0. The Morgan fingerprint density at radius 1 is 0.533 bits per heavy atom. The van der Waals surface area contributed by atoms with Crippen molar-refractivity contribution >= 4 is 17.8 Å². The van der Waals surface area contributed by atoms with E-state index in [9.17, 15) is 0 Å². The highest BCUT2D eigenvalue weighted by molar-refractivity contribution is 5.33. The quantitative estimate of drug-likeness (QED) is 0.587. The van der Waals surface area contributed by atoms with Gasteiger partial charge in [-0.1, -0.05) is 38.5 Å². The highest BCUT2D eigenvalue weighted by Crippen LogP contribution is 2.15. The van der Waals surface area contributed by atoms with Crippen LogP contribution < -0.4 is 17.2 Å². The third-order valence-corrected chi connectivity index (χ3v) is 2.19. The van der Waals surface area contributed by atoms with Crippen LogP contribution >= 0.6 is 0 Å². The van der Waals surface area contributed by atoms with Crippen molar-refractivity contribution in [1.82, 2.24) is 15.0 Å². The van der Waals surface area contributed by atoms with E-state index < -0.39 is 0 Å². The average Bonchev–Trinajstić information content (AvgIpc) is 2.19. The Labute approximate surface area is 89.3 Å². The van der Waals surface area contributed by atoms with Crippen LogP contribution in [-0.2, 0) is 0 Å². The van der Waals surface area contributed by atoms with Gasteiger partial charge in [-0.25, -0.2) is 0 Å². The Morgan fingerprint density at radius 2 is 0.733 bits per heavy atom. The standard InChI is InChI=1S/C6H12.C3H6N6/c1-2-4-6-5-3-1;4-1-7-2(5)9-3(6)8-1/h1-6H2;(H6,4,5,6,7,8,9). The van der Waals surface area contributed by atoms with E-state index in [1.165, 1.54) is 38.5 Å². The molecular formula is C9H18N6. The first-order chi connectivity index (χ1) is 7.18. The molecule has 1 aliphatic rings. The lowest BCUT2D eigenvalue weighted by Crippen LogP contribution is -2.05. The van der Waals surface area contributed by atoms with Crippen LogP contribution in [0.4, 0.5) is 17.8 Å². The van der Waals surface area contributed by atoms with Crippen LogP contribution in [-0.4, -0.2) is 15.0 Å². The largest absolute Gasteiger partial charge is 0.368 e. The van der Waals surface area contributed by atoms with Crippen molar-refractivity contribution < 1.29 is 0 Å². The normalized spacial score (nSPS) is 15.2. The molecule has 0 aromatic carbocycles. The number of aromatic nitrogens is 3. The molecule has 0 spiro atoms. The molecule has 84 valence electrons. The summed E-state index contributed by atoms with van der Waals surface area (Å²) in [4.78, 5) is 10.5. The number of hydrogen-bond acceptors (Lipinski definition) is 6. The van der Waals surface area contributed by atoms with Crippen LogP contribution in [0.5, 0.6) is 0 Å². The Bertz CT molecular complexity index is 235. The number of rotatable bonds is 0. The molecule has 0 saturated heterocycles. The fraction of sp³-hybridized carbons (Fsp3) is 0.667. The molecule has 0 atom stereocenters. The van der Waals surface area contributed by atoms with Crippen LogP contribution in [0.25, 0.3) is 0 Å². The maximum Gasteiger partial charge on any atom is 0.226 e. The molecule has 0 bridgehead atoms. The van der Waals surface area contributed by atoms with Gasteiger partial charge in [0.05, 0.1) is 0 Å². The first kappa shape index (κ1) is 11.5. The molecule has 1 fully saturated rings. The number of hydrogen-bond donors (Lipinski definition) is 3. The maximum atomic E-state index is 5.14. The Balaban J connectivity index is 0.000000162. The zero-order valence-electron chi connectivity index (χ0n) is 8.82. The molecule has 6 N–H and O–H groups in total. The zero-order valence-corrected chi connectivity index (χ0v) is 8.82. The molecule has 0 radical (unpaired) electrons. The molecular weight excluding hydrogens is 192 g/mol. The van der Waals surface area contributed by atoms with Crippen LogP contribution in [0.3, 0.4) is 0 Å². The van der Waals surface area contributed by atoms with Crippen LogP contribution in [0.1, 0.15) is 38.5 Å². The van der Waals surface area contributed by atoms with Gasteiger partial charge in [0.1, 0.15) is 0 Å². The molecule has 1 saturated carbocycles. The van der Waals surface area contributed by atoms with Gasteiger partial charge in [0.25, 0.3) is 0 Å². The van der Waals surface area contributed by atoms with Crippen molar-refractivity contribution in [3.8, 4) is 0 Å². The summed E-state index contributed by atoms with van der Waals surface area (Å²) >= 11 is 0. The van der Waals surface area contributed by atoms with Crippen LogP contribution in [0.2, 0.25) is 0 Å². The van der Waals surface area contributed by atoms with Crippen molar-refractivity contribution in [3.05, 3.63) is 0 Å². The lowest BCUT2D eigenvalue weighted by Gasteiger charge is -2.05. The molecule has 6 nitrogen and oxygen atoms in total. The molecule has 0 amide bonds.